The Balaban J connectivity index is 1.62. The molecule has 0 amide bonds. The highest BCUT2D eigenvalue weighted by Crippen LogP contribution is 2.51. The van der Waals surface area contributed by atoms with Crippen LogP contribution in [0, 0.1) is 0 Å². The molecule has 4 aromatic rings. The fourth-order valence-electron chi connectivity index (χ4n) is 4.30. The van der Waals surface area contributed by atoms with Crippen LogP contribution in [0.2, 0.25) is 0 Å². The normalized spacial score (nSPS) is 13.6. The van der Waals surface area contributed by atoms with Gasteiger partial charge in [0.15, 0.2) is 10.1 Å². The van der Waals surface area contributed by atoms with E-state index in [2.05, 4.69) is 72.8 Å². The molecule has 1 aliphatic rings. The number of benzene rings is 2. The Morgan fingerprint density at radius 1 is 0.613 bits per heavy atom. The van der Waals surface area contributed by atoms with Gasteiger partial charge in [-0.15, -0.1) is 0 Å². The third-order valence-electron chi connectivity index (χ3n) is 5.75. The van der Waals surface area contributed by atoms with E-state index in [1.807, 2.05) is 0 Å². The van der Waals surface area contributed by atoms with Crippen molar-refractivity contribution in [2.24, 2.45) is 0 Å². The highest BCUT2D eigenvalue weighted by atomic mass is 32.1. The molecule has 2 heterocycles. The molecule has 0 bridgehead atoms. The van der Waals surface area contributed by atoms with Gasteiger partial charge in [0.05, 0.1) is 14.2 Å². The largest absolute Gasteiger partial charge is 0.487 e. The molecule has 2 aromatic heterocycles. The van der Waals surface area contributed by atoms with Gasteiger partial charge in [0, 0.05) is 20.9 Å². The van der Waals surface area contributed by atoms with Crippen molar-refractivity contribution in [3.63, 3.8) is 0 Å². The van der Waals surface area contributed by atoms with E-state index in [1.54, 1.807) is 36.9 Å². The van der Waals surface area contributed by atoms with Crippen molar-refractivity contribution in [3.8, 4) is 31.0 Å². The number of rotatable bonds is 6. The van der Waals surface area contributed by atoms with Crippen molar-refractivity contribution in [1.29, 1.82) is 0 Å². The molecule has 0 N–H and O–H groups in total. The topological polar surface area (TPSA) is 18.5 Å². The summed E-state index contributed by atoms with van der Waals surface area (Å²) in [7, 11) is 3.55. The van der Waals surface area contributed by atoms with E-state index in [1.165, 1.54) is 43.2 Å². The summed E-state index contributed by atoms with van der Waals surface area (Å²) >= 11 is 3.45. The van der Waals surface area contributed by atoms with Gasteiger partial charge >= 0.3 is 0 Å². The van der Waals surface area contributed by atoms with E-state index in [0.717, 1.165) is 29.4 Å². The van der Waals surface area contributed by atoms with Gasteiger partial charge < -0.3 is 9.47 Å². The van der Waals surface area contributed by atoms with Crippen LogP contribution in [-0.2, 0) is 0 Å². The molecule has 0 saturated heterocycles. The molecular formula is C27H24O2S2. The van der Waals surface area contributed by atoms with Crippen LogP contribution < -0.4 is 9.47 Å². The summed E-state index contributed by atoms with van der Waals surface area (Å²) in [5, 5.41) is 1.98. The summed E-state index contributed by atoms with van der Waals surface area (Å²) in [6.45, 7) is 0. The first kappa shape index (κ1) is 20.1. The predicted molar refractivity (Wildman–Crippen MR) is 133 cm³/mol. The first-order valence-corrected chi connectivity index (χ1v) is 12.1. The van der Waals surface area contributed by atoms with E-state index < -0.39 is 0 Å². The van der Waals surface area contributed by atoms with Gasteiger partial charge in [-0.05, 0) is 53.7 Å². The quantitative estimate of drug-likeness (QED) is 0.298. The highest BCUT2D eigenvalue weighted by Gasteiger charge is 2.26. The molecule has 0 aliphatic heterocycles. The number of allylic oxidation sites excluding steroid dienone is 2. The molecule has 1 aliphatic carbocycles. The fourth-order valence-corrected chi connectivity index (χ4v) is 6.31. The molecule has 0 unspecified atom stereocenters. The van der Waals surface area contributed by atoms with Crippen LogP contribution in [0.25, 0.3) is 32.0 Å². The molecule has 156 valence electrons. The van der Waals surface area contributed by atoms with Crippen LogP contribution in [-0.4, -0.2) is 14.2 Å². The van der Waals surface area contributed by atoms with Crippen LogP contribution in [0.1, 0.15) is 30.4 Å². The van der Waals surface area contributed by atoms with Gasteiger partial charge in [0.25, 0.3) is 0 Å². The number of methoxy groups -OCH3 is 2. The van der Waals surface area contributed by atoms with Gasteiger partial charge in [-0.1, -0.05) is 83.3 Å². The summed E-state index contributed by atoms with van der Waals surface area (Å²) in [6.07, 6.45) is 3.29. The molecule has 2 nitrogen and oxygen atoms in total. The number of hydrogen-bond acceptors (Lipinski definition) is 4. The van der Waals surface area contributed by atoms with Crippen LogP contribution in [0.3, 0.4) is 0 Å². The molecule has 5 rings (SSSR count). The van der Waals surface area contributed by atoms with Gasteiger partial charge in [0.1, 0.15) is 0 Å². The Morgan fingerprint density at radius 2 is 1.03 bits per heavy atom. The molecular weight excluding hydrogens is 420 g/mol. The first-order chi connectivity index (χ1) is 15.3. The Bertz CT molecular complexity index is 1120. The first-order valence-electron chi connectivity index (χ1n) is 10.5. The molecule has 31 heavy (non-hydrogen) atoms. The molecule has 0 saturated carbocycles. The van der Waals surface area contributed by atoms with Crippen LogP contribution in [0.5, 0.6) is 10.1 Å². The third-order valence-corrected chi connectivity index (χ3v) is 8.04. The van der Waals surface area contributed by atoms with E-state index >= 15 is 0 Å². The molecule has 0 fully saturated rings. The summed E-state index contributed by atoms with van der Waals surface area (Å²) in [5.41, 5.74) is 7.71. The summed E-state index contributed by atoms with van der Waals surface area (Å²) < 4.78 is 11.7. The second-order valence-corrected chi connectivity index (χ2v) is 9.60. The maximum Gasteiger partial charge on any atom is 0.181 e. The lowest BCUT2D eigenvalue weighted by atomic mass is 9.98. The Morgan fingerprint density at radius 3 is 1.42 bits per heavy atom. The Kier molecular flexibility index (Phi) is 5.66. The van der Waals surface area contributed by atoms with Gasteiger partial charge in [0.2, 0.25) is 0 Å². The zero-order valence-electron chi connectivity index (χ0n) is 17.7. The van der Waals surface area contributed by atoms with Gasteiger partial charge in [-0.2, -0.15) is 0 Å². The molecule has 0 radical (unpaired) electrons. The van der Waals surface area contributed by atoms with Crippen LogP contribution in [0.4, 0.5) is 0 Å². The van der Waals surface area contributed by atoms with E-state index in [4.69, 9.17) is 9.47 Å². The van der Waals surface area contributed by atoms with Gasteiger partial charge in [-0.25, -0.2) is 0 Å². The number of hydrogen-bond donors (Lipinski definition) is 0. The summed E-state index contributed by atoms with van der Waals surface area (Å²) in [5.74, 6) is 0. The molecule has 2 aromatic carbocycles. The lowest BCUT2D eigenvalue weighted by Crippen LogP contribution is -1.89. The second-order valence-electron chi connectivity index (χ2n) is 7.57. The highest BCUT2D eigenvalue weighted by molar-refractivity contribution is 7.18. The van der Waals surface area contributed by atoms with Crippen molar-refractivity contribution in [2.75, 3.05) is 14.2 Å². The minimum Gasteiger partial charge on any atom is -0.487 e. The van der Waals surface area contributed by atoms with Crippen LogP contribution >= 0.6 is 22.7 Å². The molecule has 4 heteroatoms. The maximum atomic E-state index is 5.83. The van der Waals surface area contributed by atoms with Crippen molar-refractivity contribution >= 4 is 33.8 Å². The monoisotopic (exact) mass is 444 g/mol. The van der Waals surface area contributed by atoms with Crippen molar-refractivity contribution in [1.82, 2.24) is 0 Å². The Hall–Kier alpha value is -2.82. The number of thiophene rings is 2. The zero-order chi connectivity index (χ0) is 21.2. The van der Waals surface area contributed by atoms with Crippen molar-refractivity contribution in [2.45, 2.75) is 19.3 Å². The number of ether oxygens (including phenoxy) is 2. The molecule has 0 atom stereocenters. The third kappa shape index (κ3) is 3.82. The fraction of sp³-hybridized carbons (Fsp3) is 0.185. The summed E-state index contributed by atoms with van der Waals surface area (Å²) in [4.78, 5) is 2.49. The average Bonchev–Trinajstić information content (AvgIpc) is 3.57. The predicted octanol–water partition coefficient (Wildman–Crippen LogP) is 8.26. The van der Waals surface area contributed by atoms with Crippen molar-refractivity contribution < 1.29 is 9.47 Å². The summed E-state index contributed by atoms with van der Waals surface area (Å²) in [6, 6.07) is 25.7. The Labute approximate surface area is 191 Å². The SMILES string of the molecule is COc1sc(-c2ccccc2)cc1C1=C(c2cc(-c3ccccc3)sc2OC)CCC1. The lowest BCUT2D eigenvalue weighted by Gasteiger charge is -2.09. The standard InChI is InChI=1S/C27H24O2S2/c1-28-26-22(16-24(30-26)18-10-5-3-6-11-18)20-14-9-15-21(20)23-17-25(31-27(23)29-2)19-12-7-4-8-13-19/h3-8,10-13,16-17H,9,14-15H2,1-2H3. The minimum absolute atomic E-state index is 0.991. The molecule has 0 spiro atoms. The minimum atomic E-state index is 0.991. The lowest BCUT2D eigenvalue weighted by molar-refractivity contribution is 0.425. The van der Waals surface area contributed by atoms with E-state index in [0.29, 0.717) is 0 Å². The smallest absolute Gasteiger partial charge is 0.181 e. The average molecular weight is 445 g/mol. The van der Waals surface area contributed by atoms with E-state index in [9.17, 15) is 0 Å². The van der Waals surface area contributed by atoms with Crippen LogP contribution in [0.15, 0.2) is 72.8 Å². The van der Waals surface area contributed by atoms with Gasteiger partial charge in [-0.3, -0.25) is 0 Å². The second kappa shape index (κ2) is 8.74. The maximum absolute atomic E-state index is 5.83. The zero-order valence-corrected chi connectivity index (χ0v) is 19.3. The van der Waals surface area contributed by atoms with E-state index in [-0.39, 0.29) is 0 Å². The van der Waals surface area contributed by atoms with Crippen molar-refractivity contribution in [3.05, 3.63) is 83.9 Å².